The highest BCUT2D eigenvalue weighted by atomic mass is 16.5. The normalized spacial score (nSPS) is 14.4. The summed E-state index contributed by atoms with van der Waals surface area (Å²) in [6.45, 7) is 2.91. The zero-order chi connectivity index (χ0) is 16.8. The van der Waals surface area contributed by atoms with E-state index < -0.39 is 0 Å². The van der Waals surface area contributed by atoms with Crippen LogP contribution in [0.1, 0.15) is 12.0 Å². The standard InChI is InChI=1S/C18H22N4O2/c19-15-5-2-1-4-14(15)7-8-17(23)21-16-6-3-9-20-18(16)22-10-12-24-13-11-22/h1-6,9H,7-8,10-13,19H2,(H,21,23). The predicted octanol–water partition coefficient (Wildman–Crippen LogP) is 2.07. The lowest BCUT2D eigenvalue weighted by molar-refractivity contribution is -0.116. The van der Waals surface area contributed by atoms with Gasteiger partial charge in [0.25, 0.3) is 0 Å². The molecule has 1 saturated heterocycles. The van der Waals surface area contributed by atoms with Crippen molar-refractivity contribution < 1.29 is 9.53 Å². The van der Waals surface area contributed by atoms with Crippen LogP contribution in [-0.4, -0.2) is 37.2 Å². The van der Waals surface area contributed by atoms with Crippen molar-refractivity contribution in [2.45, 2.75) is 12.8 Å². The number of aryl methyl sites for hydroxylation is 1. The summed E-state index contributed by atoms with van der Waals surface area (Å²) in [4.78, 5) is 18.9. The summed E-state index contributed by atoms with van der Waals surface area (Å²) in [5, 5.41) is 2.97. The Morgan fingerprint density at radius 1 is 1.21 bits per heavy atom. The van der Waals surface area contributed by atoms with Crippen molar-refractivity contribution in [3.8, 4) is 0 Å². The molecule has 0 atom stereocenters. The highest BCUT2D eigenvalue weighted by molar-refractivity contribution is 5.93. The van der Waals surface area contributed by atoms with Crippen LogP contribution in [0.25, 0.3) is 0 Å². The monoisotopic (exact) mass is 326 g/mol. The quantitative estimate of drug-likeness (QED) is 0.822. The van der Waals surface area contributed by atoms with Crippen molar-refractivity contribution in [2.75, 3.05) is 42.3 Å². The summed E-state index contributed by atoms with van der Waals surface area (Å²) in [5.41, 5.74) is 8.38. The van der Waals surface area contributed by atoms with E-state index in [9.17, 15) is 4.79 Å². The average Bonchev–Trinajstić information content (AvgIpc) is 2.62. The number of pyridine rings is 1. The van der Waals surface area contributed by atoms with Gasteiger partial charge in [0.05, 0.1) is 18.9 Å². The number of nitrogens with two attached hydrogens (primary N) is 1. The van der Waals surface area contributed by atoms with Crippen LogP contribution in [0.4, 0.5) is 17.2 Å². The van der Waals surface area contributed by atoms with Gasteiger partial charge in [-0.25, -0.2) is 4.98 Å². The molecule has 1 aromatic carbocycles. The summed E-state index contributed by atoms with van der Waals surface area (Å²) in [7, 11) is 0. The largest absolute Gasteiger partial charge is 0.399 e. The van der Waals surface area contributed by atoms with Crippen LogP contribution in [0.2, 0.25) is 0 Å². The Morgan fingerprint density at radius 2 is 2.00 bits per heavy atom. The van der Waals surface area contributed by atoms with E-state index in [1.54, 1.807) is 6.20 Å². The third kappa shape index (κ3) is 4.02. The number of ether oxygens (including phenoxy) is 1. The highest BCUT2D eigenvalue weighted by Gasteiger charge is 2.17. The Hall–Kier alpha value is -2.60. The first kappa shape index (κ1) is 16.3. The third-order valence-electron chi connectivity index (χ3n) is 4.05. The number of carbonyl (C=O) groups excluding carboxylic acids is 1. The number of morpholine rings is 1. The Bertz CT molecular complexity index is 699. The Morgan fingerprint density at radius 3 is 2.79 bits per heavy atom. The minimum Gasteiger partial charge on any atom is -0.399 e. The third-order valence-corrected chi connectivity index (χ3v) is 4.05. The minimum absolute atomic E-state index is 0.0410. The molecule has 2 heterocycles. The molecule has 0 bridgehead atoms. The minimum atomic E-state index is -0.0410. The van der Waals surface area contributed by atoms with Gasteiger partial charge in [0, 0.05) is 31.4 Å². The molecule has 1 aromatic heterocycles. The van der Waals surface area contributed by atoms with E-state index in [0.29, 0.717) is 26.1 Å². The van der Waals surface area contributed by atoms with Crippen molar-refractivity contribution in [3.05, 3.63) is 48.2 Å². The van der Waals surface area contributed by atoms with Crippen molar-refractivity contribution in [3.63, 3.8) is 0 Å². The second-order valence-corrected chi connectivity index (χ2v) is 5.72. The van der Waals surface area contributed by atoms with Crippen LogP contribution in [0.5, 0.6) is 0 Å². The number of rotatable bonds is 5. The summed E-state index contributed by atoms with van der Waals surface area (Å²) >= 11 is 0. The van der Waals surface area contributed by atoms with Gasteiger partial charge in [-0.05, 0) is 30.2 Å². The molecular weight excluding hydrogens is 304 g/mol. The van der Waals surface area contributed by atoms with E-state index in [1.165, 1.54) is 0 Å². The zero-order valence-electron chi connectivity index (χ0n) is 13.6. The highest BCUT2D eigenvalue weighted by Crippen LogP contribution is 2.24. The second-order valence-electron chi connectivity index (χ2n) is 5.72. The summed E-state index contributed by atoms with van der Waals surface area (Å²) in [6.07, 6.45) is 2.74. The fourth-order valence-corrected chi connectivity index (χ4v) is 2.74. The van der Waals surface area contributed by atoms with Gasteiger partial charge < -0.3 is 20.7 Å². The number of benzene rings is 1. The molecule has 126 valence electrons. The van der Waals surface area contributed by atoms with Crippen molar-refractivity contribution in [2.24, 2.45) is 0 Å². The Labute approximate surface area is 141 Å². The fraction of sp³-hybridized carbons (Fsp3) is 0.333. The first-order chi connectivity index (χ1) is 11.7. The molecule has 2 aromatic rings. The van der Waals surface area contributed by atoms with Gasteiger partial charge in [0.1, 0.15) is 0 Å². The molecule has 0 radical (unpaired) electrons. The Balaban J connectivity index is 1.63. The molecule has 0 aliphatic carbocycles. The van der Waals surface area contributed by atoms with Crippen molar-refractivity contribution in [1.29, 1.82) is 0 Å². The van der Waals surface area contributed by atoms with E-state index in [4.69, 9.17) is 10.5 Å². The zero-order valence-corrected chi connectivity index (χ0v) is 13.6. The van der Waals surface area contributed by atoms with Gasteiger partial charge in [-0.15, -0.1) is 0 Å². The van der Waals surface area contributed by atoms with Crippen LogP contribution in [0.15, 0.2) is 42.6 Å². The number of aromatic nitrogens is 1. The lowest BCUT2D eigenvalue weighted by atomic mass is 10.1. The van der Waals surface area contributed by atoms with E-state index in [0.717, 1.165) is 35.8 Å². The molecule has 3 N–H and O–H groups in total. The average molecular weight is 326 g/mol. The lowest BCUT2D eigenvalue weighted by Gasteiger charge is -2.29. The molecule has 0 saturated carbocycles. The number of hydrogen-bond donors (Lipinski definition) is 2. The number of anilines is 3. The summed E-state index contributed by atoms with van der Waals surface area (Å²) < 4.78 is 5.37. The van der Waals surface area contributed by atoms with E-state index in [-0.39, 0.29) is 5.91 Å². The topological polar surface area (TPSA) is 80.5 Å². The maximum absolute atomic E-state index is 12.3. The van der Waals surface area contributed by atoms with Gasteiger partial charge in [0.15, 0.2) is 5.82 Å². The molecule has 1 fully saturated rings. The van der Waals surface area contributed by atoms with Gasteiger partial charge >= 0.3 is 0 Å². The molecule has 1 aliphatic rings. The fourth-order valence-electron chi connectivity index (χ4n) is 2.74. The van der Waals surface area contributed by atoms with Crippen LogP contribution < -0.4 is 16.0 Å². The van der Waals surface area contributed by atoms with E-state index in [2.05, 4.69) is 15.2 Å². The molecule has 3 rings (SSSR count). The van der Waals surface area contributed by atoms with Gasteiger partial charge in [-0.1, -0.05) is 18.2 Å². The molecular formula is C18H22N4O2. The van der Waals surface area contributed by atoms with Crippen LogP contribution in [0, 0.1) is 0 Å². The van der Waals surface area contributed by atoms with Gasteiger partial charge in [-0.2, -0.15) is 0 Å². The van der Waals surface area contributed by atoms with Gasteiger partial charge in [0.2, 0.25) is 5.91 Å². The maximum atomic E-state index is 12.3. The maximum Gasteiger partial charge on any atom is 0.224 e. The van der Waals surface area contributed by atoms with Crippen molar-refractivity contribution in [1.82, 2.24) is 4.98 Å². The number of nitrogen functional groups attached to an aromatic ring is 1. The second kappa shape index (κ2) is 7.79. The molecule has 0 spiro atoms. The lowest BCUT2D eigenvalue weighted by Crippen LogP contribution is -2.37. The van der Waals surface area contributed by atoms with E-state index >= 15 is 0 Å². The number of carbonyl (C=O) groups is 1. The van der Waals surface area contributed by atoms with Crippen LogP contribution in [0.3, 0.4) is 0 Å². The number of hydrogen-bond acceptors (Lipinski definition) is 5. The van der Waals surface area contributed by atoms with Crippen LogP contribution in [-0.2, 0) is 16.0 Å². The number of para-hydroxylation sites is 1. The molecule has 6 nitrogen and oxygen atoms in total. The first-order valence-corrected chi connectivity index (χ1v) is 8.15. The Kier molecular flexibility index (Phi) is 5.28. The first-order valence-electron chi connectivity index (χ1n) is 8.15. The SMILES string of the molecule is Nc1ccccc1CCC(=O)Nc1cccnc1N1CCOCC1. The van der Waals surface area contributed by atoms with Crippen LogP contribution >= 0.6 is 0 Å². The smallest absolute Gasteiger partial charge is 0.224 e. The molecule has 1 amide bonds. The van der Waals surface area contributed by atoms with Gasteiger partial charge in [-0.3, -0.25) is 4.79 Å². The molecule has 1 aliphatic heterocycles. The van der Waals surface area contributed by atoms with E-state index in [1.807, 2.05) is 36.4 Å². The molecule has 6 heteroatoms. The molecule has 24 heavy (non-hydrogen) atoms. The summed E-state index contributed by atoms with van der Waals surface area (Å²) in [6, 6.07) is 11.3. The predicted molar refractivity (Wildman–Crippen MR) is 95.1 cm³/mol. The number of nitrogens with one attached hydrogen (secondary N) is 1. The molecule has 0 unspecified atom stereocenters. The number of nitrogens with zero attached hydrogens (tertiary/aromatic N) is 2. The van der Waals surface area contributed by atoms with Crippen molar-refractivity contribution >= 4 is 23.1 Å². The number of amides is 1. The summed E-state index contributed by atoms with van der Waals surface area (Å²) in [5.74, 6) is 0.758.